The number of aromatic nitrogens is 2. The number of anilines is 2. The first-order chi connectivity index (χ1) is 9.45. The summed E-state index contributed by atoms with van der Waals surface area (Å²) < 4.78 is 23.4. The second-order valence-electron chi connectivity index (χ2n) is 5.06. The van der Waals surface area contributed by atoms with Crippen molar-refractivity contribution in [2.24, 2.45) is 5.84 Å². The minimum Gasteiger partial charge on any atom is -0.366 e. The summed E-state index contributed by atoms with van der Waals surface area (Å²) in [6.07, 6.45) is 2.20. The maximum Gasteiger partial charge on any atom is 0.152 e. The molecule has 2 rings (SSSR count). The molecule has 20 heavy (non-hydrogen) atoms. The Morgan fingerprint density at radius 3 is 2.65 bits per heavy atom. The molecule has 0 saturated carbocycles. The molecule has 1 aliphatic rings. The van der Waals surface area contributed by atoms with E-state index in [1.807, 2.05) is 13.8 Å². The highest BCUT2D eigenvalue weighted by atomic mass is 32.2. The fourth-order valence-corrected chi connectivity index (χ4v) is 3.97. The van der Waals surface area contributed by atoms with Gasteiger partial charge in [0, 0.05) is 18.0 Å². The summed E-state index contributed by atoms with van der Waals surface area (Å²) in [5.74, 6) is 7.79. The smallest absolute Gasteiger partial charge is 0.152 e. The van der Waals surface area contributed by atoms with Gasteiger partial charge in [-0.3, -0.25) is 0 Å². The molecule has 0 spiro atoms. The highest BCUT2D eigenvalue weighted by molar-refractivity contribution is 7.91. The van der Waals surface area contributed by atoms with Gasteiger partial charge in [-0.15, -0.1) is 0 Å². The number of nitrogens with two attached hydrogens (primary N) is 1. The number of hydrazine groups is 1. The zero-order valence-corrected chi connectivity index (χ0v) is 12.6. The lowest BCUT2D eigenvalue weighted by Gasteiger charge is -2.24. The number of hydrogen-bond acceptors (Lipinski definition) is 7. The molecule has 1 atom stereocenters. The first-order valence-electron chi connectivity index (χ1n) is 6.76. The van der Waals surface area contributed by atoms with Gasteiger partial charge in [-0.2, -0.15) is 0 Å². The SMILES string of the molecule is CCc1nc(NN)c(C)c(NC2CCCS(=O)(=O)C2)n1. The molecule has 1 aromatic heterocycles. The van der Waals surface area contributed by atoms with Crippen molar-refractivity contribution in [2.75, 3.05) is 22.2 Å². The lowest BCUT2D eigenvalue weighted by molar-refractivity contribution is 0.561. The van der Waals surface area contributed by atoms with Gasteiger partial charge in [0.1, 0.15) is 17.5 Å². The Labute approximate surface area is 119 Å². The van der Waals surface area contributed by atoms with E-state index in [0.29, 0.717) is 30.3 Å². The van der Waals surface area contributed by atoms with Crippen molar-refractivity contribution in [1.29, 1.82) is 0 Å². The van der Waals surface area contributed by atoms with Crippen LogP contribution in [0.1, 0.15) is 31.2 Å². The van der Waals surface area contributed by atoms with Crippen LogP contribution in [-0.4, -0.2) is 35.9 Å². The van der Waals surface area contributed by atoms with Crippen molar-refractivity contribution < 1.29 is 8.42 Å². The Hall–Kier alpha value is -1.41. The van der Waals surface area contributed by atoms with Crippen molar-refractivity contribution in [3.05, 3.63) is 11.4 Å². The zero-order chi connectivity index (χ0) is 14.8. The molecule has 1 aromatic rings. The van der Waals surface area contributed by atoms with Crippen molar-refractivity contribution in [3.63, 3.8) is 0 Å². The normalized spacial score (nSPS) is 21.4. The van der Waals surface area contributed by atoms with Crippen LogP contribution in [0.5, 0.6) is 0 Å². The van der Waals surface area contributed by atoms with Gasteiger partial charge in [0.15, 0.2) is 9.84 Å². The van der Waals surface area contributed by atoms with E-state index in [-0.39, 0.29) is 17.5 Å². The van der Waals surface area contributed by atoms with Crippen molar-refractivity contribution in [1.82, 2.24) is 9.97 Å². The average Bonchev–Trinajstić information content (AvgIpc) is 2.40. The second kappa shape index (κ2) is 5.92. The van der Waals surface area contributed by atoms with Crippen LogP contribution in [0, 0.1) is 6.92 Å². The number of aryl methyl sites for hydroxylation is 1. The van der Waals surface area contributed by atoms with Gasteiger partial charge in [-0.25, -0.2) is 24.2 Å². The van der Waals surface area contributed by atoms with E-state index in [1.54, 1.807) is 0 Å². The number of nitrogens with one attached hydrogen (secondary N) is 2. The Morgan fingerprint density at radius 1 is 1.35 bits per heavy atom. The van der Waals surface area contributed by atoms with Gasteiger partial charge in [-0.05, 0) is 19.8 Å². The first-order valence-corrected chi connectivity index (χ1v) is 8.58. The quantitative estimate of drug-likeness (QED) is 0.552. The molecule has 112 valence electrons. The van der Waals surface area contributed by atoms with Gasteiger partial charge in [0.25, 0.3) is 0 Å². The summed E-state index contributed by atoms with van der Waals surface area (Å²) in [4.78, 5) is 8.71. The maximum atomic E-state index is 11.7. The third-order valence-electron chi connectivity index (χ3n) is 3.45. The summed E-state index contributed by atoms with van der Waals surface area (Å²) in [6, 6.07) is -0.0994. The standard InChI is InChI=1S/C12H21N5O2S/c1-3-10-15-11(8(2)12(16-10)17-13)14-9-5-4-6-20(18,19)7-9/h9H,3-7,13H2,1-2H3,(H2,14,15,16,17). The van der Waals surface area contributed by atoms with Crippen molar-refractivity contribution >= 4 is 21.5 Å². The Kier molecular flexibility index (Phi) is 4.44. The van der Waals surface area contributed by atoms with Crippen LogP contribution in [-0.2, 0) is 16.3 Å². The Balaban J connectivity index is 2.24. The van der Waals surface area contributed by atoms with Crippen LogP contribution in [0.4, 0.5) is 11.6 Å². The number of sulfone groups is 1. The third-order valence-corrected chi connectivity index (χ3v) is 5.27. The summed E-state index contributed by atoms with van der Waals surface area (Å²) in [7, 11) is -2.94. The van der Waals surface area contributed by atoms with E-state index in [0.717, 1.165) is 12.0 Å². The van der Waals surface area contributed by atoms with Crippen LogP contribution in [0.15, 0.2) is 0 Å². The van der Waals surface area contributed by atoms with E-state index < -0.39 is 9.84 Å². The Bertz CT molecular complexity index is 588. The predicted molar refractivity (Wildman–Crippen MR) is 79.3 cm³/mol. The predicted octanol–water partition coefficient (Wildman–Crippen LogP) is 0.622. The molecule has 8 heteroatoms. The second-order valence-corrected chi connectivity index (χ2v) is 7.29. The molecule has 0 radical (unpaired) electrons. The molecule has 1 aliphatic heterocycles. The van der Waals surface area contributed by atoms with Crippen molar-refractivity contribution in [2.45, 2.75) is 39.2 Å². The van der Waals surface area contributed by atoms with Gasteiger partial charge in [-0.1, -0.05) is 6.92 Å². The average molecular weight is 299 g/mol. The molecule has 0 aromatic carbocycles. The first kappa shape index (κ1) is 15.0. The van der Waals surface area contributed by atoms with Gasteiger partial charge in [0.05, 0.1) is 11.5 Å². The summed E-state index contributed by atoms with van der Waals surface area (Å²) in [5, 5.41) is 3.23. The van der Waals surface area contributed by atoms with Crippen LogP contribution in [0.2, 0.25) is 0 Å². The van der Waals surface area contributed by atoms with Gasteiger partial charge in [0.2, 0.25) is 0 Å². The minimum absolute atomic E-state index is 0.0994. The van der Waals surface area contributed by atoms with Crippen LogP contribution in [0.3, 0.4) is 0 Å². The summed E-state index contributed by atoms with van der Waals surface area (Å²) in [5.41, 5.74) is 3.35. The van der Waals surface area contributed by atoms with Gasteiger partial charge < -0.3 is 10.7 Å². The fraction of sp³-hybridized carbons (Fsp3) is 0.667. The number of hydrogen-bond donors (Lipinski definition) is 3. The highest BCUT2D eigenvalue weighted by Gasteiger charge is 2.25. The van der Waals surface area contributed by atoms with Gasteiger partial charge >= 0.3 is 0 Å². The summed E-state index contributed by atoms with van der Waals surface area (Å²) >= 11 is 0. The lowest BCUT2D eigenvalue weighted by Crippen LogP contribution is -2.35. The molecule has 1 saturated heterocycles. The molecule has 2 heterocycles. The van der Waals surface area contributed by atoms with E-state index >= 15 is 0 Å². The van der Waals surface area contributed by atoms with Crippen LogP contribution in [0.25, 0.3) is 0 Å². The monoisotopic (exact) mass is 299 g/mol. The number of rotatable bonds is 4. The summed E-state index contributed by atoms with van der Waals surface area (Å²) in [6.45, 7) is 3.81. The molecule has 4 N–H and O–H groups in total. The van der Waals surface area contributed by atoms with Crippen molar-refractivity contribution in [3.8, 4) is 0 Å². The number of nitrogen functional groups attached to an aromatic ring is 1. The zero-order valence-electron chi connectivity index (χ0n) is 11.8. The van der Waals surface area contributed by atoms with E-state index in [9.17, 15) is 8.42 Å². The molecule has 0 bridgehead atoms. The Morgan fingerprint density at radius 2 is 2.05 bits per heavy atom. The third kappa shape index (κ3) is 3.37. The molecule has 1 unspecified atom stereocenters. The topological polar surface area (TPSA) is 110 Å². The fourth-order valence-electron chi connectivity index (χ4n) is 2.33. The van der Waals surface area contributed by atoms with Crippen LogP contribution < -0.4 is 16.6 Å². The number of nitrogens with zero attached hydrogens (tertiary/aromatic N) is 2. The lowest BCUT2D eigenvalue weighted by atomic mass is 10.2. The molecule has 0 aliphatic carbocycles. The molecular formula is C12H21N5O2S. The van der Waals surface area contributed by atoms with Crippen LogP contribution >= 0.6 is 0 Å². The van der Waals surface area contributed by atoms with E-state index in [4.69, 9.17) is 5.84 Å². The highest BCUT2D eigenvalue weighted by Crippen LogP contribution is 2.23. The van der Waals surface area contributed by atoms with E-state index in [1.165, 1.54) is 0 Å². The van der Waals surface area contributed by atoms with E-state index in [2.05, 4.69) is 20.7 Å². The minimum atomic E-state index is -2.94. The molecule has 7 nitrogen and oxygen atoms in total. The molecule has 1 fully saturated rings. The molecule has 0 amide bonds. The largest absolute Gasteiger partial charge is 0.366 e. The maximum absolute atomic E-state index is 11.7. The molecular weight excluding hydrogens is 278 g/mol.